The molecule has 0 saturated heterocycles. The number of rotatable bonds is 0. The van der Waals surface area contributed by atoms with Crippen molar-refractivity contribution in [2.75, 3.05) is 0 Å². The molecule has 1 aliphatic heterocycles. The van der Waals surface area contributed by atoms with Gasteiger partial charge in [0, 0.05) is 0 Å². The normalized spacial score (nSPS) is 14.7. The molecule has 0 spiro atoms. The minimum absolute atomic E-state index is 0.184. The number of hydrogen-bond donors (Lipinski definition) is 1. The van der Waals surface area contributed by atoms with E-state index in [4.69, 9.17) is 4.84 Å². The Morgan fingerprint density at radius 1 is 1.64 bits per heavy atom. The summed E-state index contributed by atoms with van der Waals surface area (Å²) in [6.07, 6.45) is 3.17. The van der Waals surface area contributed by atoms with Crippen molar-refractivity contribution in [3.8, 4) is 5.75 Å². The van der Waals surface area contributed by atoms with Crippen LogP contribution in [0.3, 0.4) is 0 Å². The molecule has 56 valence electrons. The first-order chi connectivity index (χ1) is 5.36. The highest BCUT2D eigenvalue weighted by molar-refractivity contribution is 5.79. The van der Waals surface area contributed by atoms with E-state index in [9.17, 15) is 4.79 Å². The fourth-order valence-corrected chi connectivity index (χ4v) is 0.860. The van der Waals surface area contributed by atoms with Gasteiger partial charge in [-0.25, -0.2) is 9.97 Å². The lowest BCUT2D eigenvalue weighted by molar-refractivity contribution is -0.128. The molecule has 5 heteroatoms. The van der Waals surface area contributed by atoms with Crippen LogP contribution in [0.1, 0.15) is 5.69 Å². The van der Waals surface area contributed by atoms with Gasteiger partial charge in [-0.1, -0.05) is 0 Å². The highest BCUT2D eigenvalue weighted by Crippen LogP contribution is 2.15. The van der Waals surface area contributed by atoms with Crippen LogP contribution >= 0.6 is 0 Å². The third-order valence-corrected chi connectivity index (χ3v) is 1.36. The Morgan fingerprint density at radius 2 is 2.55 bits per heavy atom. The number of carbonyl (C=O) groups excluding carboxylic acids is 1. The molecule has 0 aliphatic carbocycles. The van der Waals surface area contributed by atoms with Gasteiger partial charge in [0.25, 0.3) is 5.91 Å². The van der Waals surface area contributed by atoms with Crippen LogP contribution in [0.2, 0.25) is 0 Å². The Morgan fingerprint density at radius 3 is 3.45 bits per heavy atom. The fourth-order valence-electron chi connectivity index (χ4n) is 0.860. The Labute approximate surface area is 62.4 Å². The molecule has 1 aliphatic rings. The lowest BCUT2D eigenvalue weighted by Crippen LogP contribution is -2.33. The van der Waals surface area contributed by atoms with Crippen LogP contribution in [-0.2, 0) is 11.2 Å². The second-order valence-corrected chi connectivity index (χ2v) is 2.14. The number of hydroxylamine groups is 1. The molecule has 5 nitrogen and oxygen atoms in total. The topological polar surface area (TPSA) is 64.1 Å². The van der Waals surface area contributed by atoms with E-state index in [1.807, 2.05) is 0 Å². The summed E-state index contributed by atoms with van der Waals surface area (Å²) in [4.78, 5) is 23.1. The number of nitrogens with one attached hydrogen (secondary N) is 1. The quantitative estimate of drug-likeness (QED) is 0.540. The van der Waals surface area contributed by atoms with Crippen LogP contribution in [0.25, 0.3) is 0 Å². The molecule has 1 amide bonds. The first-order valence-electron chi connectivity index (χ1n) is 3.11. The number of carbonyl (C=O) groups is 1. The van der Waals surface area contributed by atoms with Crippen LogP contribution in [0.5, 0.6) is 5.75 Å². The van der Waals surface area contributed by atoms with Crippen LogP contribution < -0.4 is 10.3 Å². The molecule has 1 aromatic heterocycles. The van der Waals surface area contributed by atoms with Gasteiger partial charge in [0.2, 0.25) is 0 Å². The average molecular weight is 151 g/mol. The summed E-state index contributed by atoms with van der Waals surface area (Å²) in [6.45, 7) is 0. The van der Waals surface area contributed by atoms with E-state index in [2.05, 4.69) is 15.4 Å². The molecule has 1 N–H and O–H groups in total. The largest absolute Gasteiger partial charge is 0.376 e. The first kappa shape index (κ1) is 6.09. The summed E-state index contributed by atoms with van der Waals surface area (Å²) in [5, 5.41) is 0. The molecule has 0 radical (unpaired) electrons. The van der Waals surface area contributed by atoms with E-state index in [1.54, 1.807) is 0 Å². The third kappa shape index (κ3) is 1.000. The van der Waals surface area contributed by atoms with Crippen LogP contribution in [0, 0.1) is 0 Å². The monoisotopic (exact) mass is 151 g/mol. The summed E-state index contributed by atoms with van der Waals surface area (Å²) in [7, 11) is 0. The maximum Gasteiger partial charge on any atom is 0.258 e. The highest BCUT2D eigenvalue weighted by atomic mass is 16.7. The summed E-state index contributed by atoms with van der Waals surface area (Å²) in [5.74, 6) is 0.336. The van der Waals surface area contributed by atoms with Crippen LogP contribution in [0.15, 0.2) is 12.5 Å². The molecule has 1 aromatic rings. The molecule has 0 fully saturated rings. The maximum atomic E-state index is 10.7. The number of amides is 1. The molecule has 0 aromatic carbocycles. The van der Waals surface area contributed by atoms with Crippen molar-refractivity contribution in [3.63, 3.8) is 0 Å². The van der Waals surface area contributed by atoms with E-state index >= 15 is 0 Å². The predicted octanol–water partition coefficient (Wildman–Crippen LogP) is -0.557. The number of aromatic nitrogens is 2. The Kier molecular flexibility index (Phi) is 1.21. The smallest absolute Gasteiger partial charge is 0.258 e. The van der Waals surface area contributed by atoms with E-state index in [0.29, 0.717) is 11.4 Å². The SMILES string of the molecule is O=C1Cc2ncncc2ON1. The second kappa shape index (κ2) is 2.19. The summed E-state index contributed by atoms with van der Waals surface area (Å²) < 4.78 is 0. The number of nitrogens with zero attached hydrogens (tertiary/aromatic N) is 2. The summed E-state index contributed by atoms with van der Waals surface area (Å²) >= 11 is 0. The van der Waals surface area contributed by atoms with Crippen molar-refractivity contribution in [1.82, 2.24) is 15.4 Å². The molecule has 2 heterocycles. The van der Waals surface area contributed by atoms with Gasteiger partial charge in [-0.15, -0.1) is 0 Å². The van der Waals surface area contributed by atoms with Crippen molar-refractivity contribution in [1.29, 1.82) is 0 Å². The van der Waals surface area contributed by atoms with Crippen molar-refractivity contribution in [2.45, 2.75) is 6.42 Å². The minimum atomic E-state index is -0.184. The molecule has 0 unspecified atom stereocenters. The van der Waals surface area contributed by atoms with Crippen molar-refractivity contribution in [3.05, 3.63) is 18.2 Å². The molecular formula is C6H5N3O2. The second-order valence-electron chi connectivity index (χ2n) is 2.14. The predicted molar refractivity (Wildman–Crippen MR) is 34.5 cm³/mol. The Balaban J connectivity index is 2.41. The van der Waals surface area contributed by atoms with Gasteiger partial charge in [-0.05, 0) is 0 Å². The third-order valence-electron chi connectivity index (χ3n) is 1.36. The van der Waals surface area contributed by atoms with Gasteiger partial charge in [-0.3, -0.25) is 4.79 Å². The van der Waals surface area contributed by atoms with Crippen molar-refractivity contribution in [2.24, 2.45) is 0 Å². The standard InChI is InChI=1S/C6H5N3O2/c10-6-1-4-5(11-9-6)2-7-3-8-4/h2-3H,1H2,(H,9,10). The van der Waals surface area contributed by atoms with Gasteiger partial charge in [0.15, 0.2) is 5.75 Å². The average Bonchev–Trinajstić information content (AvgIpc) is 2.04. The molecular weight excluding hydrogens is 146 g/mol. The van der Waals surface area contributed by atoms with Gasteiger partial charge in [0.1, 0.15) is 6.33 Å². The lowest BCUT2D eigenvalue weighted by Gasteiger charge is -2.13. The van der Waals surface area contributed by atoms with Crippen molar-refractivity contribution < 1.29 is 9.63 Å². The Hall–Kier alpha value is -1.65. The van der Waals surface area contributed by atoms with Gasteiger partial charge >= 0.3 is 0 Å². The molecule has 0 atom stereocenters. The van der Waals surface area contributed by atoms with E-state index in [-0.39, 0.29) is 12.3 Å². The maximum absolute atomic E-state index is 10.7. The van der Waals surface area contributed by atoms with Gasteiger partial charge in [0.05, 0.1) is 18.3 Å². The van der Waals surface area contributed by atoms with Crippen LogP contribution in [-0.4, -0.2) is 15.9 Å². The Bertz CT molecular complexity index is 300. The molecule has 0 bridgehead atoms. The summed E-state index contributed by atoms with van der Waals surface area (Å²) in [6, 6.07) is 0. The zero-order chi connectivity index (χ0) is 7.68. The van der Waals surface area contributed by atoms with Gasteiger partial charge in [-0.2, -0.15) is 5.48 Å². The highest BCUT2D eigenvalue weighted by Gasteiger charge is 2.16. The summed E-state index contributed by atoms with van der Waals surface area (Å²) in [5.41, 5.74) is 2.85. The number of fused-ring (bicyclic) bond motifs is 1. The van der Waals surface area contributed by atoms with E-state index in [0.717, 1.165) is 0 Å². The number of hydrogen-bond acceptors (Lipinski definition) is 4. The minimum Gasteiger partial charge on any atom is -0.376 e. The van der Waals surface area contributed by atoms with E-state index in [1.165, 1.54) is 12.5 Å². The zero-order valence-electron chi connectivity index (χ0n) is 5.57. The van der Waals surface area contributed by atoms with E-state index < -0.39 is 0 Å². The van der Waals surface area contributed by atoms with Gasteiger partial charge < -0.3 is 4.84 Å². The zero-order valence-corrected chi connectivity index (χ0v) is 5.57. The van der Waals surface area contributed by atoms with Crippen molar-refractivity contribution >= 4 is 5.91 Å². The fraction of sp³-hybridized carbons (Fsp3) is 0.167. The molecule has 0 saturated carbocycles. The molecule has 11 heavy (non-hydrogen) atoms. The molecule has 2 rings (SSSR count). The first-order valence-corrected chi connectivity index (χ1v) is 3.11. The van der Waals surface area contributed by atoms with Crippen LogP contribution in [0.4, 0.5) is 0 Å². The lowest BCUT2D eigenvalue weighted by atomic mass is 10.2.